The molecule has 0 aromatic carbocycles. The zero-order chi connectivity index (χ0) is 26.7. The van der Waals surface area contributed by atoms with Gasteiger partial charge in [-0.05, 0) is 32.1 Å². The quantitative estimate of drug-likeness (QED) is 0.0737. The minimum atomic E-state index is 1.22. The molecule has 2 heteroatoms. The van der Waals surface area contributed by atoms with Gasteiger partial charge in [-0.25, -0.2) is 9.13 Å². The van der Waals surface area contributed by atoms with Crippen LogP contribution in [0.3, 0.4) is 0 Å². The minimum absolute atomic E-state index is 1.22. The number of unbranched alkanes of at least 4 members (excludes halogenated alkanes) is 23. The zero-order valence-corrected chi connectivity index (χ0v) is 26.1. The second-order valence-electron chi connectivity index (χ2n) is 12.0. The lowest BCUT2D eigenvalue weighted by Crippen LogP contribution is -2.37. The van der Waals surface area contributed by atoms with Crippen LogP contribution in [0.15, 0.2) is 12.4 Å². The summed E-state index contributed by atoms with van der Waals surface area (Å²) in [5, 5.41) is 0. The maximum atomic E-state index is 2.61. The van der Waals surface area contributed by atoms with Gasteiger partial charge in [0.1, 0.15) is 12.4 Å². The van der Waals surface area contributed by atoms with Crippen molar-refractivity contribution in [2.75, 3.05) is 0 Å². The largest absolute Gasteiger partial charge is 0.256 e. The molecule has 2 nitrogen and oxygen atoms in total. The zero-order valence-electron chi connectivity index (χ0n) is 26.1. The number of imidazole rings is 1. The molecule has 0 aliphatic rings. The number of rotatable bonds is 29. The smallest absolute Gasteiger partial charge is 0.234 e. The topological polar surface area (TPSA) is 8.81 Å². The molecule has 0 amide bonds. The fraction of sp³-hybridized carbons (Fsp3) is 0.914. The highest BCUT2D eigenvalue weighted by Crippen LogP contribution is 2.15. The molecule has 37 heavy (non-hydrogen) atoms. The molecule has 0 aliphatic heterocycles. The summed E-state index contributed by atoms with van der Waals surface area (Å²) < 4.78 is 5.21. The van der Waals surface area contributed by atoms with Gasteiger partial charge in [-0.15, -0.1) is 0 Å². The Morgan fingerprint density at radius 2 is 0.838 bits per heavy atom. The number of nitrogens with zero attached hydrogens (tertiary/aromatic N) is 2. The van der Waals surface area contributed by atoms with E-state index in [0.29, 0.717) is 0 Å². The molecule has 1 rings (SSSR count). The number of hydrogen-bond acceptors (Lipinski definition) is 0. The molecular weight excluding hydrogens is 448 g/mol. The molecule has 0 aliphatic carbocycles. The van der Waals surface area contributed by atoms with Crippen molar-refractivity contribution in [1.29, 1.82) is 0 Å². The molecule has 0 fully saturated rings. The van der Waals surface area contributed by atoms with E-state index in [2.05, 4.69) is 42.3 Å². The van der Waals surface area contributed by atoms with Crippen LogP contribution in [-0.4, -0.2) is 4.57 Å². The van der Waals surface area contributed by atoms with Crippen molar-refractivity contribution in [2.24, 2.45) is 0 Å². The van der Waals surface area contributed by atoms with Crippen molar-refractivity contribution in [3.05, 3.63) is 18.2 Å². The molecule has 0 radical (unpaired) electrons. The Morgan fingerprint density at radius 1 is 0.459 bits per heavy atom. The molecule has 0 N–H and O–H groups in total. The monoisotopic (exact) mass is 518 g/mol. The Balaban J connectivity index is 2.22. The van der Waals surface area contributed by atoms with Crippen LogP contribution in [0, 0.1) is 0 Å². The van der Waals surface area contributed by atoms with Crippen molar-refractivity contribution >= 4 is 0 Å². The van der Waals surface area contributed by atoms with E-state index in [1.54, 1.807) is 5.82 Å². The van der Waals surface area contributed by atoms with E-state index in [9.17, 15) is 0 Å². The molecule has 0 atom stereocenters. The lowest BCUT2D eigenvalue weighted by atomic mass is 10.0. The first kappa shape index (κ1) is 34.2. The van der Waals surface area contributed by atoms with Gasteiger partial charge in [-0.2, -0.15) is 0 Å². The van der Waals surface area contributed by atoms with Gasteiger partial charge in [0.15, 0.2) is 0 Å². The van der Waals surface area contributed by atoms with Crippen molar-refractivity contribution < 1.29 is 4.57 Å². The second-order valence-corrected chi connectivity index (χ2v) is 12.0. The number of hydrogen-bond donors (Lipinski definition) is 0. The van der Waals surface area contributed by atoms with Crippen LogP contribution in [0.5, 0.6) is 0 Å². The predicted octanol–water partition coefficient (Wildman–Crippen LogP) is 11.5. The summed E-state index contributed by atoms with van der Waals surface area (Å²) in [6.45, 7) is 9.38. The average molecular weight is 518 g/mol. The van der Waals surface area contributed by atoms with Crippen LogP contribution in [0.1, 0.15) is 194 Å². The molecule has 0 unspecified atom stereocenters. The van der Waals surface area contributed by atoms with Crippen molar-refractivity contribution in [3.8, 4) is 0 Å². The Bertz CT molecular complexity index is 576. The Kier molecular flexibility index (Phi) is 24.8. The molecule has 0 saturated carbocycles. The van der Waals surface area contributed by atoms with Crippen LogP contribution >= 0.6 is 0 Å². The molecule has 1 aromatic heterocycles. The van der Waals surface area contributed by atoms with Gasteiger partial charge in [-0.1, -0.05) is 156 Å². The van der Waals surface area contributed by atoms with Gasteiger partial charge < -0.3 is 0 Å². The van der Waals surface area contributed by atoms with Gasteiger partial charge in [0.25, 0.3) is 5.82 Å². The van der Waals surface area contributed by atoms with Gasteiger partial charge >= 0.3 is 0 Å². The third kappa shape index (κ3) is 19.9. The molecule has 0 bridgehead atoms. The molecule has 1 aromatic rings. The van der Waals surface area contributed by atoms with E-state index in [1.165, 1.54) is 186 Å². The first-order valence-electron chi connectivity index (χ1n) is 17.4. The van der Waals surface area contributed by atoms with Gasteiger partial charge in [-0.3, -0.25) is 0 Å². The lowest BCUT2D eigenvalue weighted by molar-refractivity contribution is -0.704. The fourth-order valence-corrected chi connectivity index (χ4v) is 5.80. The highest BCUT2D eigenvalue weighted by molar-refractivity contribution is 4.84. The second kappa shape index (κ2) is 26.8. The Labute approximate surface area is 234 Å². The van der Waals surface area contributed by atoms with Crippen LogP contribution in [0.4, 0.5) is 0 Å². The highest BCUT2D eigenvalue weighted by Gasteiger charge is 2.16. The van der Waals surface area contributed by atoms with E-state index < -0.39 is 0 Å². The van der Waals surface area contributed by atoms with Crippen molar-refractivity contribution in [2.45, 2.75) is 207 Å². The number of aryl methyl sites for hydroxylation is 2. The first-order valence-corrected chi connectivity index (χ1v) is 17.4. The summed E-state index contributed by atoms with van der Waals surface area (Å²) in [6.07, 6.45) is 43.0. The molecule has 0 saturated heterocycles. The summed E-state index contributed by atoms with van der Waals surface area (Å²) in [5.41, 5.74) is 0. The third-order valence-corrected chi connectivity index (χ3v) is 8.35. The summed E-state index contributed by atoms with van der Waals surface area (Å²) in [6, 6.07) is 0. The van der Waals surface area contributed by atoms with E-state index in [-0.39, 0.29) is 0 Å². The Hall–Kier alpha value is -0.790. The van der Waals surface area contributed by atoms with E-state index in [4.69, 9.17) is 0 Å². The van der Waals surface area contributed by atoms with Crippen LogP contribution in [-0.2, 0) is 19.5 Å². The Morgan fingerprint density at radius 3 is 1.30 bits per heavy atom. The van der Waals surface area contributed by atoms with Gasteiger partial charge in [0, 0.05) is 6.42 Å². The van der Waals surface area contributed by atoms with Crippen LogP contribution < -0.4 is 4.57 Å². The fourth-order valence-electron chi connectivity index (χ4n) is 5.80. The van der Waals surface area contributed by atoms with Crippen molar-refractivity contribution in [3.63, 3.8) is 0 Å². The predicted molar refractivity (Wildman–Crippen MR) is 165 cm³/mol. The van der Waals surface area contributed by atoms with E-state index in [1.807, 2.05) is 0 Å². The van der Waals surface area contributed by atoms with Gasteiger partial charge in [0.05, 0.1) is 13.1 Å². The summed E-state index contributed by atoms with van der Waals surface area (Å²) >= 11 is 0. The maximum Gasteiger partial charge on any atom is 0.256 e. The summed E-state index contributed by atoms with van der Waals surface area (Å²) in [4.78, 5) is 0. The first-order chi connectivity index (χ1) is 18.3. The third-order valence-electron chi connectivity index (χ3n) is 8.35. The summed E-state index contributed by atoms with van der Waals surface area (Å²) in [5.74, 6) is 1.61. The van der Waals surface area contributed by atoms with Crippen LogP contribution in [0.25, 0.3) is 0 Å². The molecule has 1 heterocycles. The van der Waals surface area contributed by atoms with Gasteiger partial charge in [0.2, 0.25) is 0 Å². The number of aromatic nitrogens is 2. The minimum Gasteiger partial charge on any atom is -0.234 e. The highest BCUT2D eigenvalue weighted by atomic mass is 15.1. The maximum absolute atomic E-state index is 2.61. The normalized spacial score (nSPS) is 11.5. The average Bonchev–Trinajstić information content (AvgIpc) is 3.29. The summed E-state index contributed by atoms with van der Waals surface area (Å²) in [7, 11) is 0. The standard InChI is InChI=1S/C35H69N2/c1-4-7-10-13-15-17-18-19-20-21-22-23-25-27-30-35-36(31-28-12-9-6-3)33-34-37(35)32-29-26-24-16-14-11-8-5-2/h33-34H,4-32H2,1-3H3/q+1. The van der Waals surface area contributed by atoms with E-state index in [0.717, 1.165) is 0 Å². The molecule has 0 spiro atoms. The van der Waals surface area contributed by atoms with E-state index >= 15 is 0 Å². The molecule has 218 valence electrons. The molecular formula is C35H69N2+. The lowest BCUT2D eigenvalue weighted by Gasteiger charge is -2.07. The van der Waals surface area contributed by atoms with Crippen molar-refractivity contribution in [1.82, 2.24) is 4.57 Å². The van der Waals surface area contributed by atoms with Crippen LogP contribution in [0.2, 0.25) is 0 Å². The SMILES string of the molecule is CCCCCCCCCCCCCCCCc1n(CCCCCCCCCC)cc[n+]1CCCCCC.